The molecule has 0 aliphatic heterocycles. The van der Waals surface area contributed by atoms with Crippen LogP contribution in [0.3, 0.4) is 0 Å². The first kappa shape index (κ1) is 21.2. The third-order valence-corrected chi connectivity index (χ3v) is 4.34. The minimum Gasteiger partial charge on any atom is -0.497 e. The van der Waals surface area contributed by atoms with Crippen molar-refractivity contribution in [1.29, 1.82) is 0 Å². The van der Waals surface area contributed by atoms with Gasteiger partial charge in [0.25, 0.3) is 0 Å². The summed E-state index contributed by atoms with van der Waals surface area (Å²) in [4.78, 5) is 24.5. The molecule has 0 unspecified atom stereocenters. The minimum absolute atomic E-state index is 0.0781. The van der Waals surface area contributed by atoms with E-state index in [0.717, 1.165) is 6.42 Å². The molecule has 0 N–H and O–H groups in total. The van der Waals surface area contributed by atoms with Crippen LogP contribution >= 0.6 is 0 Å². The average Bonchev–Trinajstić information content (AvgIpc) is 2.75. The summed E-state index contributed by atoms with van der Waals surface area (Å²) in [6.07, 6.45) is 0.861. The number of esters is 1. The number of carbonyl (C=O) groups excluding carboxylic acids is 1. The highest BCUT2D eigenvalue weighted by atomic mass is 16.5. The van der Waals surface area contributed by atoms with Crippen molar-refractivity contribution in [3.63, 3.8) is 0 Å². The van der Waals surface area contributed by atoms with Gasteiger partial charge in [-0.15, -0.1) is 0 Å². The van der Waals surface area contributed by atoms with Gasteiger partial charge in [-0.3, -0.25) is 0 Å². The predicted molar refractivity (Wildman–Crippen MR) is 112 cm³/mol. The van der Waals surface area contributed by atoms with E-state index in [4.69, 9.17) is 23.4 Å². The quantitative estimate of drug-likeness (QED) is 0.382. The van der Waals surface area contributed by atoms with Crippen LogP contribution in [-0.2, 0) is 11.3 Å². The largest absolute Gasteiger partial charge is 0.497 e. The van der Waals surface area contributed by atoms with Crippen LogP contribution in [0.2, 0.25) is 0 Å². The molecule has 1 heterocycles. The lowest BCUT2D eigenvalue weighted by Gasteiger charge is -2.13. The van der Waals surface area contributed by atoms with Crippen molar-refractivity contribution in [3.8, 4) is 17.2 Å². The van der Waals surface area contributed by atoms with E-state index in [1.807, 2.05) is 13.8 Å². The summed E-state index contributed by atoms with van der Waals surface area (Å²) in [6.45, 7) is 4.78. The Morgan fingerprint density at radius 3 is 2.57 bits per heavy atom. The predicted octanol–water partition coefficient (Wildman–Crippen LogP) is 4.35. The Bertz CT molecular complexity index is 1080. The first-order valence-corrected chi connectivity index (χ1v) is 9.73. The van der Waals surface area contributed by atoms with Crippen molar-refractivity contribution >= 4 is 16.9 Å². The lowest BCUT2D eigenvalue weighted by atomic mass is 10.1. The maximum atomic E-state index is 12.6. The summed E-state index contributed by atoms with van der Waals surface area (Å²) in [7, 11) is 1.53. The van der Waals surface area contributed by atoms with Crippen LogP contribution in [0.4, 0.5) is 0 Å². The van der Waals surface area contributed by atoms with E-state index in [9.17, 15) is 9.59 Å². The topological polar surface area (TPSA) is 84.2 Å². The second-order valence-corrected chi connectivity index (χ2v) is 6.47. The van der Waals surface area contributed by atoms with Gasteiger partial charge < -0.3 is 23.4 Å². The lowest BCUT2D eigenvalue weighted by molar-refractivity contribution is 0.0473. The zero-order chi connectivity index (χ0) is 21.5. The molecule has 7 nitrogen and oxygen atoms in total. The van der Waals surface area contributed by atoms with Crippen LogP contribution in [0, 0.1) is 0 Å². The van der Waals surface area contributed by atoms with Gasteiger partial charge in [-0.25, -0.2) is 9.59 Å². The SMILES string of the molecule is CCCOc1ccc(C(=O)OCc2cc(=O)oc3cc(OC)ccc23)cc1OCC. The maximum Gasteiger partial charge on any atom is 0.338 e. The zero-order valence-electron chi connectivity index (χ0n) is 17.2. The number of hydrogen-bond donors (Lipinski definition) is 0. The van der Waals surface area contributed by atoms with E-state index >= 15 is 0 Å². The molecular formula is C23H24O7. The number of ether oxygens (including phenoxy) is 4. The van der Waals surface area contributed by atoms with Crippen molar-refractivity contribution < 1.29 is 28.2 Å². The molecule has 0 radical (unpaired) electrons. The highest BCUT2D eigenvalue weighted by Gasteiger charge is 2.15. The molecule has 3 rings (SSSR count). The van der Waals surface area contributed by atoms with E-state index in [0.29, 0.717) is 52.6 Å². The van der Waals surface area contributed by atoms with Crippen LogP contribution in [0.5, 0.6) is 17.2 Å². The van der Waals surface area contributed by atoms with Crippen molar-refractivity contribution in [2.75, 3.05) is 20.3 Å². The molecule has 0 aliphatic rings. The minimum atomic E-state index is -0.534. The van der Waals surface area contributed by atoms with Crippen LogP contribution in [0.1, 0.15) is 36.2 Å². The van der Waals surface area contributed by atoms with Gasteiger partial charge in [0.05, 0.1) is 25.9 Å². The third kappa shape index (κ3) is 4.92. The summed E-state index contributed by atoms with van der Waals surface area (Å²) >= 11 is 0. The van der Waals surface area contributed by atoms with Gasteiger partial charge in [-0.1, -0.05) is 6.92 Å². The van der Waals surface area contributed by atoms with Crippen LogP contribution in [0.15, 0.2) is 51.7 Å². The first-order chi connectivity index (χ1) is 14.5. The fourth-order valence-corrected chi connectivity index (χ4v) is 2.92. The maximum absolute atomic E-state index is 12.6. The molecule has 158 valence electrons. The highest BCUT2D eigenvalue weighted by Crippen LogP contribution is 2.29. The highest BCUT2D eigenvalue weighted by molar-refractivity contribution is 5.90. The average molecular weight is 412 g/mol. The molecule has 30 heavy (non-hydrogen) atoms. The molecule has 0 aliphatic carbocycles. The molecular weight excluding hydrogens is 388 g/mol. The van der Waals surface area contributed by atoms with Gasteiger partial charge >= 0.3 is 11.6 Å². The molecule has 1 aromatic heterocycles. The number of rotatable bonds is 9. The fraction of sp³-hybridized carbons (Fsp3) is 0.304. The van der Waals surface area contributed by atoms with Gasteiger partial charge in [0, 0.05) is 23.1 Å². The molecule has 0 atom stereocenters. The van der Waals surface area contributed by atoms with E-state index in [1.54, 1.807) is 36.4 Å². The third-order valence-electron chi connectivity index (χ3n) is 4.34. The van der Waals surface area contributed by atoms with E-state index < -0.39 is 11.6 Å². The van der Waals surface area contributed by atoms with Crippen LogP contribution in [0.25, 0.3) is 11.0 Å². The van der Waals surface area contributed by atoms with Crippen molar-refractivity contribution in [2.45, 2.75) is 26.9 Å². The number of hydrogen-bond acceptors (Lipinski definition) is 7. The number of methoxy groups -OCH3 is 1. The Morgan fingerprint density at radius 1 is 1.00 bits per heavy atom. The summed E-state index contributed by atoms with van der Waals surface area (Å²) in [5.74, 6) is 1.09. The normalized spacial score (nSPS) is 10.6. The van der Waals surface area contributed by atoms with Gasteiger partial charge in [-0.2, -0.15) is 0 Å². The lowest BCUT2D eigenvalue weighted by Crippen LogP contribution is -2.09. The molecule has 0 spiro atoms. The van der Waals surface area contributed by atoms with E-state index in [-0.39, 0.29) is 6.61 Å². The molecule has 0 bridgehead atoms. The molecule has 0 amide bonds. The molecule has 3 aromatic rings. The van der Waals surface area contributed by atoms with Gasteiger partial charge in [0.1, 0.15) is 17.9 Å². The summed E-state index contributed by atoms with van der Waals surface area (Å²) in [6, 6.07) is 11.3. The molecule has 0 saturated heterocycles. The smallest absolute Gasteiger partial charge is 0.338 e. The van der Waals surface area contributed by atoms with Crippen molar-refractivity contribution in [1.82, 2.24) is 0 Å². The van der Waals surface area contributed by atoms with Gasteiger partial charge in [-0.05, 0) is 43.7 Å². The Labute approximate surface area is 174 Å². The molecule has 7 heteroatoms. The van der Waals surface area contributed by atoms with E-state index in [2.05, 4.69) is 0 Å². The Kier molecular flexibility index (Phi) is 6.95. The molecule has 0 saturated carbocycles. The Balaban J connectivity index is 1.80. The summed E-state index contributed by atoms with van der Waals surface area (Å²) in [5, 5.41) is 0.668. The van der Waals surface area contributed by atoms with Gasteiger partial charge in [0.15, 0.2) is 11.5 Å². The zero-order valence-corrected chi connectivity index (χ0v) is 17.2. The van der Waals surface area contributed by atoms with Gasteiger partial charge in [0.2, 0.25) is 0 Å². The van der Waals surface area contributed by atoms with Crippen molar-refractivity contribution in [3.05, 3.63) is 64.0 Å². The fourth-order valence-electron chi connectivity index (χ4n) is 2.92. The van der Waals surface area contributed by atoms with E-state index in [1.165, 1.54) is 13.2 Å². The number of carbonyl (C=O) groups is 1. The second kappa shape index (κ2) is 9.82. The van der Waals surface area contributed by atoms with Crippen LogP contribution < -0.4 is 19.8 Å². The Hall–Kier alpha value is -3.48. The van der Waals surface area contributed by atoms with Crippen LogP contribution in [-0.4, -0.2) is 26.3 Å². The Morgan fingerprint density at radius 2 is 1.83 bits per heavy atom. The summed E-state index contributed by atoms with van der Waals surface area (Å²) in [5.41, 5.74) is 0.711. The monoisotopic (exact) mass is 412 g/mol. The first-order valence-electron chi connectivity index (χ1n) is 9.73. The molecule has 0 fully saturated rings. The standard InChI is InChI=1S/C23H24O7/c1-4-10-28-19-9-6-15(11-21(19)27-5-2)23(25)29-14-16-12-22(24)30-20-13-17(26-3)7-8-18(16)20/h6-9,11-13H,4-5,10,14H2,1-3H3. The number of fused-ring (bicyclic) bond motifs is 1. The van der Waals surface area contributed by atoms with Crippen molar-refractivity contribution in [2.24, 2.45) is 0 Å². The number of benzene rings is 2. The molecule has 2 aromatic carbocycles. The second-order valence-electron chi connectivity index (χ2n) is 6.47. The summed E-state index contributed by atoms with van der Waals surface area (Å²) < 4.78 is 27.0.